The first kappa shape index (κ1) is 12.7. The average molecular weight is 254 g/mol. The van der Waals surface area contributed by atoms with Gasteiger partial charge in [0.2, 0.25) is 0 Å². The first-order chi connectivity index (χ1) is 8.77. The molecule has 0 N–H and O–H groups in total. The molecule has 0 saturated heterocycles. The molecule has 0 atom stereocenters. The van der Waals surface area contributed by atoms with Crippen molar-refractivity contribution in [2.45, 2.75) is 13.3 Å². The van der Waals surface area contributed by atoms with E-state index in [0.29, 0.717) is 5.31 Å². The Bertz CT molecular complexity index is 587. The SMILES string of the molecule is C=C(P=O)c1ccccc1-c1ccccc1CC. The smallest absolute Gasteiger partial charge is 0.192 e. The van der Waals surface area contributed by atoms with Gasteiger partial charge in [-0.1, -0.05) is 62.0 Å². The van der Waals surface area contributed by atoms with E-state index in [1.165, 1.54) is 11.1 Å². The van der Waals surface area contributed by atoms with Crippen LogP contribution in [0.5, 0.6) is 0 Å². The Morgan fingerprint density at radius 3 is 2.33 bits per heavy atom. The summed E-state index contributed by atoms with van der Waals surface area (Å²) in [7, 11) is -0.0205. The molecular formula is C16H15OP. The van der Waals surface area contributed by atoms with Crippen LogP contribution in [0.4, 0.5) is 0 Å². The molecule has 2 heteroatoms. The second-order valence-electron chi connectivity index (χ2n) is 4.09. The van der Waals surface area contributed by atoms with Gasteiger partial charge in [0.25, 0.3) is 0 Å². The van der Waals surface area contributed by atoms with Gasteiger partial charge >= 0.3 is 0 Å². The molecule has 0 aliphatic carbocycles. The van der Waals surface area contributed by atoms with Gasteiger partial charge < -0.3 is 0 Å². The van der Waals surface area contributed by atoms with Gasteiger partial charge in [-0.3, -0.25) is 4.57 Å². The van der Waals surface area contributed by atoms with E-state index in [9.17, 15) is 4.57 Å². The topological polar surface area (TPSA) is 17.1 Å². The number of rotatable bonds is 4. The molecule has 0 aliphatic heterocycles. The van der Waals surface area contributed by atoms with E-state index in [2.05, 4.69) is 31.7 Å². The Kier molecular flexibility index (Phi) is 4.07. The summed E-state index contributed by atoms with van der Waals surface area (Å²) in [6.07, 6.45) is 0.978. The molecule has 0 bridgehead atoms. The van der Waals surface area contributed by atoms with Crippen molar-refractivity contribution >= 4 is 13.8 Å². The molecule has 1 nitrogen and oxygen atoms in total. The molecular weight excluding hydrogens is 239 g/mol. The molecule has 18 heavy (non-hydrogen) atoms. The predicted octanol–water partition coefficient (Wildman–Crippen LogP) is 5.18. The molecule has 0 fully saturated rings. The molecule has 0 aliphatic rings. The van der Waals surface area contributed by atoms with Crippen LogP contribution in [0.15, 0.2) is 55.1 Å². The standard InChI is InChI=1S/C16H15OP/c1-3-13-8-4-5-10-15(13)16-11-7-6-9-14(16)12(2)18-17/h4-11H,2-3H2,1H3. The zero-order chi connectivity index (χ0) is 13.0. The second kappa shape index (κ2) is 5.75. The summed E-state index contributed by atoms with van der Waals surface area (Å²) < 4.78 is 11.0. The monoisotopic (exact) mass is 254 g/mol. The van der Waals surface area contributed by atoms with Crippen LogP contribution in [-0.4, -0.2) is 0 Å². The maximum absolute atomic E-state index is 11.0. The van der Waals surface area contributed by atoms with Crippen LogP contribution >= 0.6 is 8.46 Å². The summed E-state index contributed by atoms with van der Waals surface area (Å²) in [5.41, 5.74) is 4.54. The van der Waals surface area contributed by atoms with Gasteiger partial charge in [0.05, 0.1) is 0 Å². The normalized spacial score (nSPS) is 10.5. The van der Waals surface area contributed by atoms with Crippen molar-refractivity contribution in [2.24, 2.45) is 0 Å². The molecule has 90 valence electrons. The van der Waals surface area contributed by atoms with Crippen molar-refractivity contribution in [3.8, 4) is 11.1 Å². The third-order valence-electron chi connectivity index (χ3n) is 3.04. The van der Waals surface area contributed by atoms with Gasteiger partial charge in [-0.15, -0.1) is 0 Å². The Morgan fingerprint density at radius 1 is 1.06 bits per heavy atom. The lowest BCUT2D eigenvalue weighted by Crippen LogP contribution is -1.90. The maximum atomic E-state index is 11.0. The van der Waals surface area contributed by atoms with E-state index in [1.54, 1.807) is 0 Å². The molecule has 0 heterocycles. The highest BCUT2D eigenvalue weighted by atomic mass is 31.1. The molecule has 2 aromatic carbocycles. The first-order valence-electron chi connectivity index (χ1n) is 5.98. The molecule has 0 radical (unpaired) electrons. The number of hydrogen-bond acceptors (Lipinski definition) is 1. The minimum Gasteiger partial charge on any atom is -0.269 e. The summed E-state index contributed by atoms with van der Waals surface area (Å²) >= 11 is 0. The Morgan fingerprint density at radius 2 is 1.67 bits per heavy atom. The Labute approximate surface area is 109 Å². The Balaban J connectivity index is 2.64. The van der Waals surface area contributed by atoms with Crippen LogP contribution in [0.1, 0.15) is 18.1 Å². The molecule has 0 saturated carbocycles. The van der Waals surface area contributed by atoms with Crippen molar-refractivity contribution in [1.82, 2.24) is 0 Å². The van der Waals surface area contributed by atoms with Crippen molar-refractivity contribution in [1.29, 1.82) is 0 Å². The van der Waals surface area contributed by atoms with Crippen molar-refractivity contribution < 1.29 is 4.57 Å². The van der Waals surface area contributed by atoms with E-state index in [4.69, 9.17) is 0 Å². The summed E-state index contributed by atoms with van der Waals surface area (Å²) in [5.74, 6) is 0. The molecule has 2 aromatic rings. The highest BCUT2D eigenvalue weighted by Crippen LogP contribution is 2.34. The number of benzene rings is 2. The Hall–Kier alpha value is -1.72. The second-order valence-corrected chi connectivity index (χ2v) is 4.82. The molecule has 0 spiro atoms. The largest absolute Gasteiger partial charge is 0.269 e. The zero-order valence-corrected chi connectivity index (χ0v) is 11.3. The van der Waals surface area contributed by atoms with E-state index >= 15 is 0 Å². The van der Waals surface area contributed by atoms with Crippen LogP contribution in [0.2, 0.25) is 0 Å². The molecule has 0 aromatic heterocycles. The summed E-state index contributed by atoms with van der Waals surface area (Å²) in [6.45, 7) is 6.00. The summed E-state index contributed by atoms with van der Waals surface area (Å²) in [5, 5.41) is 0.622. The fourth-order valence-corrected chi connectivity index (χ4v) is 2.40. The molecule has 2 rings (SSSR count). The van der Waals surface area contributed by atoms with Crippen molar-refractivity contribution in [3.05, 3.63) is 66.2 Å². The summed E-state index contributed by atoms with van der Waals surface area (Å²) in [6, 6.07) is 16.3. The fraction of sp³-hybridized carbons (Fsp3) is 0.125. The first-order valence-corrected chi connectivity index (χ1v) is 6.79. The lowest BCUT2D eigenvalue weighted by atomic mass is 9.94. The van der Waals surface area contributed by atoms with Crippen LogP contribution in [-0.2, 0) is 11.0 Å². The quantitative estimate of drug-likeness (QED) is 0.687. The van der Waals surface area contributed by atoms with E-state index < -0.39 is 0 Å². The number of aryl methyl sites for hydroxylation is 1. The minimum atomic E-state index is -0.0205. The van der Waals surface area contributed by atoms with Gasteiger partial charge in [0.1, 0.15) is 0 Å². The van der Waals surface area contributed by atoms with Gasteiger partial charge in [-0.2, -0.15) is 0 Å². The van der Waals surface area contributed by atoms with Crippen LogP contribution in [0.25, 0.3) is 16.4 Å². The molecule has 0 amide bonds. The van der Waals surface area contributed by atoms with Crippen molar-refractivity contribution in [3.63, 3.8) is 0 Å². The lowest BCUT2D eigenvalue weighted by Gasteiger charge is -2.12. The van der Waals surface area contributed by atoms with Crippen LogP contribution in [0, 0.1) is 0 Å². The van der Waals surface area contributed by atoms with Gasteiger partial charge in [-0.25, -0.2) is 0 Å². The van der Waals surface area contributed by atoms with Gasteiger partial charge in [0.15, 0.2) is 8.46 Å². The highest BCUT2D eigenvalue weighted by molar-refractivity contribution is 7.37. The van der Waals surface area contributed by atoms with Crippen LogP contribution in [0.3, 0.4) is 0 Å². The highest BCUT2D eigenvalue weighted by Gasteiger charge is 2.10. The van der Waals surface area contributed by atoms with E-state index in [1.807, 2.05) is 30.3 Å². The third kappa shape index (κ3) is 2.42. The zero-order valence-electron chi connectivity index (χ0n) is 10.4. The summed E-state index contributed by atoms with van der Waals surface area (Å²) in [4.78, 5) is 0. The third-order valence-corrected chi connectivity index (χ3v) is 3.50. The van der Waals surface area contributed by atoms with E-state index in [-0.39, 0.29) is 8.46 Å². The maximum Gasteiger partial charge on any atom is 0.192 e. The fourth-order valence-electron chi connectivity index (χ4n) is 2.11. The van der Waals surface area contributed by atoms with Crippen LogP contribution < -0.4 is 0 Å². The molecule has 0 unspecified atom stereocenters. The van der Waals surface area contributed by atoms with Gasteiger partial charge in [0, 0.05) is 5.31 Å². The van der Waals surface area contributed by atoms with Gasteiger partial charge in [-0.05, 0) is 28.7 Å². The predicted molar refractivity (Wildman–Crippen MR) is 77.9 cm³/mol. The lowest BCUT2D eigenvalue weighted by molar-refractivity contribution is 0.603. The number of hydrogen-bond donors (Lipinski definition) is 0. The average Bonchev–Trinajstić information content (AvgIpc) is 2.46. The van der Waals surface area contributed by atoms with Crippen molar-refractivity contribution in [2.75, 3.05) is 0 Å². The van der Waals surface area contributed by atoms with E-state index in [0.717, 1.165) is 17.5 Å². The minimum absolute atomic E-state index is 0.0205.